The molecule has 8 nitrogen and oxygen atoms in total. The number of ether oxygens (including phenoxy) is 1. The molecule has 2 aromatic rings. The molecule has 0 spiro atoms. The van der Waals surface area contributed by atoms with Crippen LogP contribution in [0.3, 0.4) is 0 Å². The molecular weight excluding hydrogens is 444 g/mol. The van der Waals surface area contributed by atoms with E-state index >= 15 is 0 Å². The van der Waals surface area contributed by atoms with Crippen LogP contribution in [-0.2, 0) is 14.8 Å². The Morgan fingerprint density at radius 1 is 1.12 bits per heavy atom. The summed E-state index contributed by atoms with van der Waals surface area (Å²) in [6, 6.07) is 12.8. The second-order valence-corrected chi connectivity index (χ2v) is 11.1. The average Bonchev–Trinajstić information content (AvgIpc) is 2.79. The Hall–Kier alpha value is -2.62. The van der Waals surface area contributed by atoms with Crippen molar-refractivity contribution >= 4 is 21.7 Å². The van der Waals surface area contributed by atoms with E-state index in [1.54, 1.807) is 49.1 Å². The number of sulfonamides is 1. The first kappa shape index (κ1) is 23.5. The zero-order valence-corrected chi connectivity index (χ0v) is 19.7. The number of aliphatic carboxylic acids is 1. The molecule has 2 N–H and O–H groups in total. The van der Waals surface area contributed by atoms with E-state index in [1.807, 2.05) is 6.07 Å². The van der Waals surface area contributed by atoms with Gasteiger partial charge in [0.05, 0.1) is 10.9 Å². The second-order valence-electron chi connectivity index (χ2n) is 9.12. The lowest BCUT2D eigenvalue weighted by Gasteiger charge is -2.46. The Balaban J connectivity index is 1.84. The van der Waals surface area contributed by atoms with Crippen molar-refractivity contribution in [2.75, 3.05) is 24.5 Å². The summed E-state index contributed by atoms with van der Waals surface area (Å²) in [4.78, 5) is 13.5. The molecule has 0 bridgehead atoms. The Morgan fingerprint density at radius 3 is 2.42 bits per heavy atom. The Bertz CT molecular complexity index is 1110. The first-order chi connectivity index (χ1) is 15.6. The van der Waals surface area contributed by atoms with Crippen molar-refractivity contribution in [3.8, 4) is 5.75 Å². The number of carbonyl (C=O) groups is 1. The van der Waals surface area contributed by atoms with Gasteiger partial charge in [-0.3, -0.25) is 4.79 Å². The number of nitrogens with zero attached hydrogens (tertiary/aromatic N) is 2. The summed E-state index contributed by atoms with van der Waals surface area (Å²) in [7, 11) is -3.72. The van der Waals surface area contributed by atoms with Crippen LogP contribution in [0.4, 0.5) is 5.69 Å². The van der Waals surface area contributed by atoms with Gasteiger partial charge in [-0.1, -0.05) is 24.6 Å². The van der Waals surface area contributed by atoms with Crippen molar-refractivity contribution in [1.82, 2.24) is 4.31 Å². The topological polar surface area (TPSA) is 107 Å². The van der Waals surface area contributed by atoms with Gasteiger partial charge in [-0.05, 0) is 57.0 Å². The van der Waals surface area contributed by atoms with Crippen molar-refractivity contribution in [3.05, 3.63) is 54.1 Å². The number of piperidine rings is 1. The highest BCUT2D eigenvalue weighted by molar-refractivity contribution is 7.89. The van der Waals surface area contributed by atoms with Crippen LogP contribution in [0.15, 0.2) is 53.4 Å². The van der Waals surface area contributed by atoms with Crippen LogP contribution in [0.5, 0.6) is 5.75 Å². The van der Waals surface area contributed by atoms with Crippen LogP contribution in [-0.4, -0.2) is 60.2 Å². The van der Waals surface area contributed by atoms with Crippen LogP contribution in [0.2, 0.25) is 0 Å². The minimum absolute atomic E-state index is 0.118. The van der Waals surface area contributed by atoms with Crippen molar-refractivity contribution in [1.29, 1.82) is 0 Å². The number of fused-ring (bicyclic) bond motifs is 1. The summed E-state index contributed by atoms with van der Waals surface area (Å²) in [6.07, 6.45) is 1.54. The van der Waals surface area contributed by atoms with E-state index in [-0.39, 0.29) is 11.4 Å². The van der Waals surface area contributed by atoms with Gasteiger partial charge in [-0.2, -0.15) is 4.31 Å². The lowest BCUT2D eigenvalue weighted by Crippen LogP contribution is -2.54. The molecule has 2 aliphatic heterocycles. The molecule has 0 amide bonds. The molecule has 2 heterocycles. The molecule has 1 saturated heterocycles. The van der Waals surface area contributed by atoms with Gasteiger partial charge in [-0.25, -0.2) is 8.42 Å². The van der Waals surface area contributed by atoms with E-state index in [4.69, 9.17) is 4.74 Å². The average molecular weight is 475 g/mol. The van der Waals surface area contributed by atoms with Crippen molar-refractivity contribution in [2.45, 2.75) is 55.8 Å². The molecule has 2 aromatic carbocycles. The van der Waals surface area contributed by atoms with Crippen LogP contribution < -0.4 is 9.64 Å². The summed E-state index contributed by atoms with van der Waals surface area (Å²) in [6.45, 7) is 4.05. The standard InChI is InChI=1S/C24H30N2O6S/c1-24(2)23(29)22(26(16-21(27)28)17-9-5-3-6-10-17)19-15-18(11-12-20(19)32-24)33(30,31)25-13-7-4-8-14-25/h3,5-6,9-12,15,22-23,29H,4,7-8,13-14,16H2,1-2H3,(H,27,28). The van der Waals surface area contributed by atoms with E-state index in [0.717, 1.165) is 19.3 Å². The zero-order chi connectivity index (χ0) is 23.8. The van der Waals surface area contributed by atoms with Crippen molar-refractivity contribution in [3.63, 3.8) is 0 Å². The van der Waals surface area contributed by atoms with Crippen molar-refractivity contribution < 1.29 is 28.2 Å². The third-order valence-electron chi connectivity index (χ3n) is 6.37. The fraction of sp³-hybridized carbons (Fsp3) is 0.458. The highest BCUT2D eigenvalue weighted by Gasteiger charge is 2.46. The number of carboxylic acid groups (broad SMARTS) is 1. The predicted octanol–water partition coefficient (Wildman–Crippen LogP) is 3.03. The molecule has 1 fully saturated rings. The number of hydrogen-bond donors (Lipinski definition) is 2. The largest absolute Gasteiger partial charge is 0.485 e. The molecule has 4 rings (SSSR count). The number of hydrogen-bond acceptors (Lipinski definition) is 6. The van der Waals surface area contributed by atoms with E-state index in [1.165, 1.54) is 16.4 Å². The maximum atomic E-state index is 13.3. The highest BCUT2D eigenvalue weighted by Crippen LogP contribution is 2.45. The van der Waals surface area contributed by atoms with Gasteiger partial charge < -0.3 is 19.8 Å². The molecular formula is C24H30N2O6S. The van der Waals surface area contributed by atoms with Gasteiger partial charge in [0, 0.05) is 24.3 Å². The van der Waals surface area contributed by atoms with Gasteiger partial charge in [0.2, 0.25) is 10.0 Å². The van der Waals surface area contributed by atoms with Gasteiger partial charge in [0.1, 0.15) is 24.0 Å². The molecule has 2 unspecified atom stereocenters. The fourth-order valence-electron chi connectivity index (χ4n) is 4.61. The smallest absolute Gasteiger partial charge is 0.323 e. The van der Waals surface area contributed by atoms with E-state index < -0.39 is 33.7 Å². The van der Waals surface area contributed by atoms with Crippen LogP contribution in [0.1, 0.15) is 44.7 Å². The summed E-state index contributed by atoms with van der Waals surface area (Å²) in [5.74, 6) is -0.631. The third-order valence-corrected chi connectivity index (χ3v) is 8.26. The molecule has 2 aliphatic rings. The maximum Gasteiger partial charge on any atom is 0.323 e. The number of carboxylic acids is 1. The molecule has 9 heteroatoms. The van der Waals surface area contributed by atoms with Gasteiger partial charge in [0.25, 0.3) is 0 Å². The van der Waals surface area contributed by atoms with Crippen molar-refractivity contribution in [2.24, 2.45) is 0 Å². The highest BCUT2D eigenvalue weighted by atomic mass is 32.2. The first-order valence-corrected chi connectivity index (χ1v) is 12.6. The monoisotopic (exact) mass is 474 g/mol. The quantitative estimate of drug-likeness (QED) is 0.663. The molecule has 0 saturated carbocycles. The third kappa shape index (κ3) is 4.58. The first-order valence-electron chi connectivity index (χ1n) is 11.2. The summed E-state index contributed by atoms with van der Waals surface area (Å²) in [5.41, 5.74) is 0.0399. The van der Waals surface area contributed by atoms with E-state index in [2.05, 4.69) is 0 Å². The number of aliphatic hydroxyl groups is 1. The zero-order valence-electron chi connectivity index (χ0n) is 18.8. The Kier molecular flexibility index (Phi) is 6.39. The molecule has 0 aliphatic carbocycles. The Labute approximate surface area is 194 Å². The second kappa shape index (κ2) is 8.96. The number of benzene rings is 2. The molecule has 2 atom stereocenters. The van der Waals surface area contributed by atoms with Crippen LogP contribution in [0, 0.1) is 0 Å². The van der Waals surface area contributed by atoms with E-state index in [0.29, 0.717) is 30.1 Å². The van der Waals surface area contributed by atoms with Gasteiger partial charge in [0.15, 0.2) is 0 Å². The van der Waals surface area contributed by atoms with Gasteiger partial charge in [-0.15, -0.1) is 0 Å². The number of rotatable bonds is 6. The summed E-state index contributed by atoms with van der Waals surface area (Å²) < 4.78 is 34.2. The van der Waals surface area contributed by atoms with Crippen LogP contribution >= 0.6 is 0 Å². The fourth-order valence-corrected chi connectivity index (χ4v) is 6.17. The normalized spacial score (nSPS) is 22.8. The number of anilines is 1. The molecule has 0 aromatic heterocycles. The van der Waals surface area contributed by atoms with Gasteiger partial charge >= 0.3 is 5.97 Å². The lowest BCUT2D eigenvalue weighted by molar-refractivity contribution is -0.135. The SMILES string of the molecule is CC1(C)Oc2ccc(S(=O)(=O)N3CCCCC3)cc2C(N(CC(=O)O)c2ccccc2)C1O. The number of aliphatic hydroxyl groups excluding tert-OH is 1. The Morgan fingerprint density at radius 2 is 1.79 bits per heavy atom. The maximum absolute atomic E-state index is 13.3. The summed E-state index contributed by atoms with van der Waals surface area (Å²) >= 11 is 0. The molecule has 178 valence electrons. The van der Waals surface area contributed by atoms with Crippen LogP contribution in [0.25, 0.3) is 0 Å². The minimum atomic E-state index is -3.72. The number of para-hydroxylation sites is 1. The molecule has 33 heavy (non-hydrogen) atoms. The molecule has 0 radical (unpaired) electrons. The summed E-state index contributed by atoms with van der Waals surface area (Å²) in [5, 5.41) is 20.9. The predicted molar refractivity (Wildman–Crippen MR) is 124 cm³/mol. The van der Waals surface area contributed by atoms with E-state index in [9.17, 15) is 23.4 Å². The minimum Gasteiger partial charge on any atom is -0.485 e. The lowest BCUT2D eigenvalue weighted by atomic mass is 9.85.